The van der Waals surface area contributed by atoms with Gasteiger partial charge in [-0.3, -0.25) is 4.79 Å². The van der Waals surface area contributed by atoms with Crippen LogP contribution in [0.2, 0.25) is 0 Å². The maximum Gasteiger partial charge on any atom is 0.317 e. The molecule has 3 aliphatic heterocycles. The zero-order chi connectivity index (χ0) is 14.1. The molecule has 3 fully saturated rings. The van der Waals surface area contributed by atoms with Crippen LogP contribution in [0.25, 0.3) is 0 Å². The molecule has 20 heavy (non-hydrogen) atoms. The van der Waals surface area contributed by atoms with Crippen LogP contribution in [0.5, 0.6) is 0 Å². The normalized spacial score (nSPS) is 45.5. The first-order chi connectivity index (χ1) is 9.46. The quantitative estimate of drug-likeness (QED) is 0.848. The van der Waals surface area contributed by atoms with Crippen molar-refractivity contribution in [1.29, 1.82) is 0 Å². The van der Waals surface area contributed by atoms with E-state index in [4.69, 9.17) is 9.47 Å². The Hall–Kier alpha value is -1.14. The van der Waals surface area contributed by atoms with Gasteiger partial charge in [0.25, 0.3) is 0 Å². The van der Waals surface area contributed by atoms with Gasteiger partial charge < -0.3 is 14.8 Å². The Morgan fingerprint density at radius 3 is 2.85 bits per heavy atom. The number of rotatable bonds is 2. The first-order valence-corrected chi connectivity index (χ1v) is 7.83. The summed E-state index contributed by atoms with van der Waals surface area (Å²) in [6, 6.07) is 0. The maximum atomic E-state index is 12.4. The van der Waals surface area contributed by atoms with Gasteiger partial charge >= 0.3 is 5.97 Å². The fraction of sp³-hybridized carbons (Fsp3) is 0.714. The van der Waals surface area contributed by atoms with Crippen LogP contribution in [0.15, 0.2) is 6.20 Å². The number of nitrogens with zero attached hydrogens (tertiary/aromatic N) is 1. The molecular weight excluding hydrogens is 276 g/mol. The van der Waals surface area contributed by atoms with Gasteiger partial charge in [0.05, 0.1) is 17.6 Å². The molecule has 1 unspecified atom stereocenters. The molecule has 6 heteroatoms. The number of anilines is 1. The monoisotopic (exact) mass is 294 g/mol. The number of carbonyl (C=O) groups is 1. The predicted octanol–water partition coefficient (Wildman–Crippen LogP) is 2.32. The number of esters is 1. The van der Waals surface area contributed by atoms with Crippen molar-refractivity contribution in [3.05, 3.63) is 11.1 Å². The molecule has 5 nitrogen and oxygen atoms in total. The molecule has 0 aromatic carbocycles. The molecule has 0 aliphatic carbocycles. The standard InChI is InChI=1S/C14H18N2O3S/c1-7-6-15-12(20-7)16-10-13(2)8-4-5-9(18-8)14(13,3)11(17)19-10/h6,8-10H,4-5H2,1-3H3,(H,15,16)/t8-,9+,10?,13+,14-/m0/s1. The zero-order valence-electron chi connectivity index (χ0n) is 11.8. The summed E-state index contributed by atoms with van der Waals surface area (Å²) in [6.45, 7) is 6.11. The third kappa shape index (κ3) is 1.27. The minimum absolute atomic E-state index is 0.00479. The van der Waals surface area contributed by atoms with Crippen molar-refractivity contribution >= 4 is 22.4 Å². The highest BCUT2D eigenvalue weighted by molar-refractivity contribution is 7.15. The summed E-state index contributed by atoms with van der Waals surface area (Å²) in [5.74, 6) is -0.141. The lowest BCUT2D eigenvalue weighted by atomic mass is 9.58. The van der Waals surface area contributed by atoms with E-state index in [0.717, 1.165) is 22.9 Å². The van der Waals surface area contributed by atoms with Gasteiger partial charge in [0.1, 0.15) is 5.41 Å². The van der Waals surface area contributed by atoms with Crippen LogP contribution < -0.4 is 5.32 Å². The average Bonchev–Trinajstić information content (AvgIpc) is 3.11. The first-order valence-electron chi connectivity index (χ1n) is 7.02. The van der Waals surface area contributed by atoms with E-state index < -0.39 is 5.41 Å². The smallest absolute Gasteiger partial charge is 0.317 e. The van der Waals surface area contributed by atoms with Crippen LogP contribution >= 0.6 is 11.3 Å². The van der Waals surface area contributed by atoms with E-state index in [-0.39, 0.29) is 29.8 Å². The van der Waals surface area contributed by atoms with Gasteiger partial charge in [0.2, 0.25) is 0 Å². The van der Waals surface area contributed by atoms with Crippen molar-refractivity contribution in [3.8, 4) is 0 Å². The minimum atomic E-state index is -0.542. The fourth-order valence-electron chi connectivity index (χ4n) is 4.04. The molecule has 0 spiro atoms. The minimum Gasteiger partial charge on any atom is -0.440 e. The van der Waals surface area contributed by atoms with Crippen LogP contribution in [-0.2, 0) is 14.3 Å². The van der Waals surface area contributed by atoms with Crippen LogP contribution in [0, 0.1) is 17.8 Å². The summed E-state index contributed by atoms with van der Waals surface area (Å²) >= 11 is 1.57. The fourth-order valence-corrected chi connectivity index (χ4v) is 4.72. The molecule has 3 aliphatic rings. The molecule has 4 rings (SSSR count). The number of ether oxygens (including phenoxy) is 2. The number of carbonyl (C=O) groups excluding carboxylic acids is 1. The highest BCUT2D eigenvalue weighted by Crippen LogP contribution is 2.65. The molecule has 108 valence electrons. The summed E-state index contributed by atoms with van der Waals surface area (Å²) < 4.78 is 11.7. The number of cyclic esters (lactones) is 1. The zero-order valence-corrected chi connectivity index (χ0v) is 12.6. The van der Waals surface area contributed by atoms with Crippen molar-refractivity contribution in [1.82, 2.24) is 4.98 Å². The molecule has 5 atom stereocenters. The lowest BCUT2D eigenvalue weighted by molar-refractivity contribution is -0.151. The van der Waals surface area contributed by atoms with Gasteiger partial charge in [-0.1, -0.05) is 6.92 Å². The molecule has 2 bridgehead atoms. The van der Waals surface area contributed by atoms with Gasteiger partial charge in [0, 0.05) is 11.1 Å². The second-order valence-corrected chi connectivity index (χ2v) is 7.62. The topological polar surface area (TPSA) is 60.5 Å². The largest absolute Gasteiger partial charge is 0.440 e. The highest BCUT2D eigenvalue weighted by Gasteiger charge is 2.76. The van der Waals surface area contributed by atoms with Crippen molar-refractivity contribution in [2.75, 3.05) is 5.32 Å². The molecule has 0 radical (unpaired) electrons. The maximum absolute atomic E-state index is 12.4. The number of hydrogen-bond acceptors (Lipinski definition) is 6. The highest BCUT2D eigenvalue weighted by atomic mass is 32.1. The van der Waals surface area contributed by atoms with E-state index in [0.29, 0.717) is 0 Å². The molecule has 1 aromatic heterocycles. The second kappa shape index (κ2) is 3.74. The van der Waals surface area contributed by atoms with Crippen molar-refractivity contribution in [2.45, 2.75) is 52.0 Å². The molecule has 0 saturated carbocycles. The third-order valence-electron chi connectivity index (χ3n) is 5.52. The van der Waals surface area contributed by atoms with E-state index in [1.165, 1.54) is 0 Å². The second-order valence-electron chi connectivity index (χ2n) is 6.38. The number of hydrogen-bond donors (Lipinski definition) is 1. The number of aryl methyl sites for hydroxylation is 1. The average molecular weight is 294 g/mol. The van der Waals surface area contributed by atoms with E-state index in [9.17, 15) is 4.79 Å². The lowest BCUT2D eigenvalue weighted by Crippen LogP contribution is -2.51. The summed E-state index contributed by atoms with van der Waals surface area (Å²) in [7, 11) is 0. The van der Waals surface area contributed by atoms with Gasteiger partial charge in [-0.25, -0.2) is 4.98 Å². The number of nitrogens with one attached hydrogen (secondary N) is 1. The Morgan fingerprint density at radius 1 is 1.40 bits per heavy atom. The summed E-state index contributed by atoms with van der Waals surface area (Å²) in [4.78, 5) is 17.9. The van der Waals surface area contributed by atoms with E-state index in [1.807, 2.05) is 20.0 Å². The van der Waals surface area contributed by atoms with Gasteiger partial charge in [-0.2, -0.15) is 0 Å². The number of aromatic nitrogens is 1. The molecule has 4 heterocycles. The van der Waals surface area contributed by atoms with E-state index in [1.54, 1.807) is 11.3 Å². The van der Waals surface area contributed by atoms with Gasteiger partial charge in [-0.15, -0.1) is 11.3 Å². The summed E-state index contributed by atoms with van der Waals surface area (Å²) in [5, 5.41) is 4.10. The van der Waals surface area contributed by atoms with Crippen LogP contribution in [-0.4, -0.2) is 29.4 Å². The number of fused-ring (bicyclic) bond motifs is 5. The van der Waals surface area contributed by atoms with E-state index in [2.05, 4.69) is 17.2 Å². The Labute approximate surface area is 121 Å². The summed E-state index contributed by atoms with van der Waals surface area (Å²) in [6.07, 6.45) is 3.50. The van der Waals surface area contributed by atoms with Crippen molar-refractivity contribution in [3.63, 3.8) is 0 Å². The van der Waals surface area contributed by atoms with Crippen molar-refractivity contribution < 1.29 is 14.3 Å². The van der Waals surface area contributed by atoms with Gasteiger partial charge in [0.15, 0.2) is 11.4 Å². The first kappa shape index (κ1) is 12.6. The van der Waals surface area contributed by atoms with Crippen molar-refractivity contribution in [2.24, 2.45) is 10.8 Å². The Morgan fingerprint density at radius 2 is 2.15 bits per heavy atom. The van der Waals surface area contributed by atoms with Crippen LogP contribution in [0.3, 0.4) is 0 Å². The Bertz CT molecular complexity index is 589. The SMILES string of the molecule is Cc1cnc(NC2OC(=O)[C@]3(C)[C@H]4CC[C@H](O4)[C@]23C)s1. The molecule has 3 saturated heterocycles. The third-order valence-corrected chi connectivity index (χ3v) is 6.36. The molecule has 1 aromatic rings. The lowest BCUT2D eigenvalue weighted by Gasteiger charge is -2.39. The summed E-state index contributed by atoms with van der Waals surface area (Å²) in [5.41, 5.74) is -0.869. The molecule has 0 amide bonds. The Balaban J connectivity index is 1.70. The molecule has 1 N–H and O–H groups in total. The van der Waals surface area contributed by atoms with E-state index >= 15 is 0 Å². The van der Waals surface area contributed by atoms with Crippen LogP contribution in [0.4, 0.5) is 5.13 Å². The Kier molecular flexibility index (Phi) is 2.35. The molecular formula is C14H18N2O3S. The van der Waals surface area contributed by atoms with Crippen LogP contribution in [0.1, 0.15) is 31.6 Å². The number of thiazole rings is 1. The predicted molar refractivity (Wildman–Crippen MR) is 74.5 cm³/mol. The van der Waals surface area contributed by atoms with Gasteiger partial charge in [-0.05, 0) is 26.7 Å².